The van der Waals surface area contributed by atoms with Gasteiger partial charge in [0.25, 0.3) is 0 Å². The molecule has 2 aromatic carbocycles. The second-order valence-corrected chi connectivity index (χ2v) is 5.94. The normalized spacial score (nSPS) is 10.8. The number of ketones is 1. The number of aryl methyl sites for hydroxylation is 1. The molecule has 0 saturated heterocycles. The Balaban J connectivity index is 2.32. The molecule has 138 valence electrons. The van der Waals surface area contributed by atoms with Crippen molar-refractivity contribution in [1.29, 1.82) is 0 Å². The number of carbonyl (C=O) groups is 3. The van der Waals surface area contributed by atoms with Crippen LogP contribution < -0.4 is 5.73 Å². The summed E-state index contributed by atoms with van der Waals surface area (Å²) in [5.41, 5.74) is 6.82. The van der Waals surface area contributed by atoms with E-state index < -0.39 is 17.9 Å². The molecule has 6 nitrogen and oxygen atoms in total. The van der Waals surface area contributed by atoms with Crippen molar-refractivity contribution in [3.63, 3.8) is 0 Å². The van der Waals surface area contributed by atoms with Gasteiger partial charge in [0.15, 0.2) is 5.78 Å². The minimum absolute atomic E-state index is 0.0137. The van der Waals surface area contributed by atoms with Gasteiger partial charge in [-0.15, -0.1) is 0 Å². The third-order valence-corrected chi connectivity index (χ3v) is 4.18. The third-order valence-electron chi connectivity index (χ3n) is 4.18. The smallest absolute Gasteiger partial charge is 0.412 e. The Hall–Kier alpha value is -3.48. The molecule has 0 fully saturated rings. The Kier molecular flexibility index (Phi) is 4.77. The summed E-state index contributed by atoms with van der Waals surface area (Å²) in [5, 5.41) is 0.377. The molecule has 3 aromatic rings. The summed E-state index contributed by atoms with van der Waals surface area (Å²) in [5.74, 6) is -1.49. The molecule has 2 N–H and O–H groups in total. The van der Waals surface area contributed by atoms with Gasteiger partial charge in [-0.1, -0.05) is 6.92 Å². The highest BCUT2D eigenvalue weighted by molar-refractivity contribution is 6.12. The second-order valence-electron chi connectivity index (χ2n) is 5.94. The van der Waals surface area contributed by atoms with Crippen LogP contribution in [-0.2, 0) is 11.2 Å². The number of halogens is 1. The second kappa shape index (κ2) is 7.03. The molecular weight excluding hydrogens is 353 g/mol. The lowest BCUT2D eigenvalue weighted by atomic mass is 9.97. The van der Waals surface area contributed by atoms with Gasteiger partial charge >= 0.3 is 12.1 Å². The molecular formula is C20H16FNO5. The fraction of sp³-hybridized carbons (Fsp3) is 0.150. The average Bonchev–Trinajstić information content (AvgIpc) is 2.98. The van der Waals surface area contributed by atoms with E-state index in [4.69, 9.17) is 10.2 Å². The van der Waals surface area contributed by atoms with Gasteiger partial charge in [0, 0.05) is 16.5 Å². The number of amides is 1. The molecule has 0 aliphatic carbocycles. The summed E-state index contributed by atoms with van der Waals surface area (Å²) in [4.78, 5) is 35.5. The van der Waals surface area contributed by atoms with E-state index in [1.54, 1.807) is 12.1 Å². The number of ether oxygens (including phenoxy) is 1. The lowest BCUT2D eigenvalue weighted by Crippen LogP contribution is -2.18. The largest absolute Gasteiger partial charge is 0.455 e. The van der Waals surface area contributed by atoms with Crippen LogP contribution in [0, 0.1) is 5.82 Å². The third kappa shape index (κ3) is 3.44. The maximum atomic E-state index is 13.3. The highest BCUT2D eigenvalue weighted by atomic mass is 19.1. The monoisotopic (exact) mass is 369 g/mol. The van der Waals surface area contributed by atoms with Gasteiger partial charge in [0.1, 0.15) is 22.7 Å². The highest BCUT2D eigenvalue weighted by Gasteiger charge is 2.26. The molecule has 0 radical (unpaired) electrons. The van der Waals surface area contributed by atoms with Crippen LogP contribution in [0.2, 0.25) is 0 Å². The molecule has 0 aliphatic heterocycles. The van der Waals surface area contributed by atoms with Crippen molar-refractivity contribution in [1.82, 2.24) is 0 Å². The summed E-state index contributed by atoms with van der Waals surface area (Å²) in [6, 6.07) is 8.49. The molecule has 0 unspecified atom stereocenters. The highest BCUT2D eigenvalue weighted by Crippen LogP contribution is 2.36. The van der Waals surface area contributed by atoms with Crippen molar-refractivity contribution >= 4 is 28.8 Å². The molecule has 1 heterocycles. The quantitative estimate of drug-likeness (QED) is 0.421. The van der Waals surface area contributed by atoms with Crippen molar-refractivity contribution in [2.75, 3.05) is 0 Å². The maximum absolute atomic E-state index is 13.3. The van der Waals surface area contributed by atoms with Gasteiger partial charge < -0.3 is 14.9 Å². The number of furan rings is 1. The summed E-state index contributed by atoms with van der Waals surface area (Å²) >= 11 is 0. The number of primary amides is 1. The van der Waals surface area contributed by atoms with Crippen LogP contribution in [0.25, 0.3) is 22.3 Å². The van der Waals surface area contributed by atoms with Gasteiger partial charge in [0.05, 0.1) is 0 Å². The molecule has 3 rings (SSSR count). The van der Waals surface area contributed by atoms with Crippen molar-refractivity contribution in [2.24, 2.45) is 5.73 Å². The number of rotatable bonds is 4. The fourth-order valence-electron chi connectivity index (χ4n) is 2.96. The molecule has 0 atom stereocenters. The summed E-state index contributed by atoms with van der Waals surface area (Å²) < 4.78 is 23.6. The number of Topliss-reactive ketones (excluding diaryl/α,β-unsaturated/α-hetero) is 1. The zero-order valence-corrected chi connectivity index (χ0v) is 14.7. The minimum atomic E-state index is -1.25. The van der Waals surface area contributed by atoms with Crippen LogP contribution in [0.1, 0.15) is 40.1 Å². The van der Waals surface area contributed by atoms with E-state index in [2.05, 4.69) is 4.74 Å². The van der Waals surface area contributed by atoms with Gasteiger partial charge in [-0.2, -0.15) is 0 Å². The Labute approximate surface area is 153 Å². The van der Waals surface area contributed by atoms with Gasteiger partial charge in [-0.05, 0) is 55.3 Å². The molecule has 0 aliphatic rings. The van der Waals surface area contributed by atoms with Crippen LogP contribution in [-0.4, -0.2) is 17.8 Å². The van der Waals surface area contributed by atoms with Gasteiger partial charge in [-0.3, -0.25) is 4.79 Å². The number of fused-ring (bicyclic) bond motifs is 1. The van der Waals surface area contributed by atoms with Crippen molar-refractivity contribution < 1.29 is 27.9 Å². The topological polar surface area (TPSA) is 99.6 Å². The van der Waals surface area contributed by atoms with Crippen molar-refractivity contribution in [3.05, 3.63) is 58.9 Å². The number of benzene rings is 2. The molecule has 0 bridgehead atoms. The number of hydrogen-bond acceptors (Lipinski definition) is 5. The first-order valence-electron chi connectivity index (χ1n) is 8.19. The molecule has 7 heteroatoms. The maximum Gasteiger partial charge on any atom is 0.412 e. The van der Waals surface area contributed by atoms with Crippen LogP contribution in [0.3, 0.4) is 0 Å². The lowest BCUT2D eigenvalue weighted by molar-refractivity contribution is 0.0640. The van der Waals surface area contributed by atoms with Crippen molar-refractivity contribution in [3.8, 4) is 11.3 Å². The van der Waals surface area contributed by atoms with E-state index in [9.17, 15) is 18.8 Å². The molecule has 1 amide bonds. The van der Waals surface area contributed by atoms with Crippen LogP contribution in [0.4, 0.5) is 9.18 Å². The van der Waals surface area contributed by atoms with Gasteiger partial charge in [0.2, 0.25) is 0 Å². The number of carbonyl (C=O) groups excluding carboxylic acids is 3. The van der Waals surface area contributed by atoms with Crippen LogP contribution >= 0.6 is 0 Å². The summed E-state index contributed by atoms with van der Waals surface area (Å²) in [6.07, 6.45) is -0.706. The zero-order valence-electron chi connectivity index (χ0n) is 14.7. The standard InChI is InChI=1S/C20H16FNO5/c1-3-11-8-15-16(9-14(11)10(2)23)26-18(12-4-6-13(21)7-5-12)17(15)19(24)27-20(22)25/h4-9H,3H2,1-2H3,(H2,22,25). The van der Waals surface area contributed by atoms with Crippen molar-refractivity contribution in [2.45, 2.75) is 20.3 Å². The molecule has 1 aromatic heterocycles. The average molecular weight is 369 g/mol. The van der Waals surface area contributed by atoms with Crippen LogP contribution in [0.5, 0.6) is 0 Å². The SMILES string of the molecule is CCc1cc2c(C(=O)OC(N)=O)c(-c3ccc(F)cc3)oc2cc1C(C)=O. The first kappa shape index (κ1) is 18.3. The molecule has 0 spiro atoms. The number of hydrogen-bond donors (Lipinski definition) is 1. The Morgan fingerprint density at radius 3 is 2.37 bits per heavy atom. The lowest BCUT2D eigenvalue weighted by Gasteiger charge is -2.05. The zero-order chi connectivity index (χ0) is 19.7. The van der Waals surface area contributed by atoms with E-state index >= 15 is 0 Å². The number of nitrogens with two attached hydrogens (primary N) is 1. The predicted octanol–water partition coefficient (Wildman–Crippen LogP) is 4.24. The van der Waals surface area contributed by atoms with E-state index in [0.717, 1.165) is 5.56 Å². The van der Waals surface area contributed by atoms with E-state index in [0.29, 0.717) is 22.9 Å². The Morgan fingerprint density at radius 1 is 1.15 bits per heavy atom. The summed E-state index contributed by atoms with van der Waals surface area (Å²) in [7, 11) is 0. The minimum Gasteiger partial charge on any atom is -0.455 e. The van der Waals surface area contributed by atoms with E-state index in [1.165, 1.54) is 31.2 Å². The first-order valence-corrected chi connectivity index (χ1v) is 8.19. The summed E-state index contributed by atoms with van der Waals surface area (Å²) in [6.45, 7) is 3.31. The Morgan fingerprint density at radius 2 is 1.81 bits per heavy atom. The predicted molar refractivity (Wildman–Crippen MR) is 96.0 cm³/mol. The van der Waals surface area contributed by atoms with E-state index in [-0.39, 0.29) is 22.7 Å². The Bertz CT molecular complexity index is 1070. The number of esters is 1. The van der Waals surface area contributed by atoms with Gasteiger partial charge in [-0.25, -0.2) is 14.0 Å². The fourth-order valence-corrected chi connectivity index (χ4v) is 2.96. The molecule has 0 saturated carbocycles. The molecule has 27 heavy (non-hydrogen) atoms. The van der Waals surface area contributed by atoms with E-state index in [1.807, 2.05) is 6.92 Å². The van der Waals surface area contributed by atoms with Crippen LogP contribution in [0.15, 0.2) is 40.8 Å². The first-order chi connectivity index (χ1) is 12.8.